The Bertz CT molecular complexity index is 475. The van der Waals surface area contributed by atoms with Gasteiger partial charge >= 0.3 is 0 Å². The van der Waals surface area contributed by atoms with Crippen LogP contribution in [0.5, 0.6) is 0 Å². The molecule has 0 spiro atoms. The summed E-state index contributed by atoms with van der Waals surface area (Å²) in [6, 6.07) is 9.09. The molecule has 3 rings (SSSR count). The number of allylic oxidation sites excluding steroid dienone is 2. The molecule has 0 amide bonds. The van der Waals surface area contributed by atoms with Crippen molar-refractivity contribution in [1.29, 1.82) is 0 Å². The maximum Gasteiger partial charge on any atom is -0.0131 e. The van der Waals surface area contributed by atoms with Crippen molar-refractivity contribution in [2.45, 2.75) is 58.8 Å². The van der Waals surface area contributed by atoms with Gasteiger partial charge in [0.25, 0.3) is 0 Å². The highest BCUT2D eigenvalue weighted by atomic mass is 14.3. The van der Waals surface area contributed by atoms with Gasteiger partial charge in [0.15, 0.2) is 0 Å². The second-order valence-electron chi connectivity index (χ2n) is 6.38. The molecule has 102 valence electrons. The number of fused-ring (bicyclic) bond motifs is 1. The molecule has 1 aromatic carbocycles. The molecule has 0 nitrogen and oxygen atoms in total. The predicted octanol–water partition coefficient (Wildman–Crippen LogP) is 5.62. The van der Waals surface area contributed by atoms with E-state index in [9.17, 15) is 0 Å². The second-order valence-corrected chi connectivity index (χ2v) is 6.38. The van der Waals surface area contributed by atoms with E-state index in [2.05, 4.69) is 38.1 Å². The summed E-state index contributed by atoms with van der Waals surface area (Å²) < 4.78 is 0. The van der Waals surface area contributed by atoms with E-state index in [4.69, 9.17) is 0 Å². The Morgan fingerprint density at radius 2 is 1.79 bits per heavy atom. The van der Waals surface area contributed by atoms with Gasteiger partial charge in [-0.2, -0.15) is 0 Å². The number of hydrogen-bond donors (Lipinski definition) is 0. The molecule has 1 aromatic rings. The van der Waals surface area contributed by atoms with Crippen LogP contribution in [-0.4, -0.2) is 0 Å². The van der Waals surface area contributed by atoms with Crippen molar-refractivity contribution in [1.82, 2.24) is 0 Å². The molecule has 0 radical (unpaired) electrons. The Kier molecular flexibility index (Phi) is 3.77. The lowest BCUT2D eigenvalue weighted by molar-refractivity contribution is 0.273. The quantitative estimate of drug-likeness (QED) is 0.642. The fourth-order valence-corrected chi connectivity index (χ4v) is 4.34. The maximum atomic E-state index is 2.41. The Balaban J connectivity index is 1.96. The molecule has 2 aliphatic rings. The van der Waals surface area contributed by atoms with Crippen molar-refractivity contribution in [2.75, 3.05) is 0 Å². The van der Waals surface area contributed by atoms with Crippen LogP contribution in [0.3, 0.4) is 0 Å². The van der Waals surface area contributed by atoms with E-state index in [1.54, 1.807) is 16.7 Å². The molecule has 0 aliphatic heterocycles. The maximum absolute atomic E-state index is 2.41. The van der Waals surface area contributed by atoms with Crippen molar-refractivity contribution in [3.8, 4) is 0 Å². The van der Waals surface area contributed by atoms with Gasteiger partial charge in [0, 0.05) is 0 Å². The van der Waals surface area contributed by atoms with Crippen LogP contribution in [0.15, 0.2) is 29.8 Å². The summed E-state index contributed by atoms with van der Waals surface area (Å²) in [6.07, 6.45) is 9.77. The Labute approximate surface area is 117 Å². The molecular formula is C19H26. The van der Waals surface area contributed by atoms with Crippen molar-refractivity contribution in [2.24, 2.45) is 11.8 Å². The smallest absolute Gasteiger partial charge is 0.0131 e. The SMILES string of the molecule is CCC1=C(C)C(C2CCCCC2)Cc2ccccc21. The van der Waals surface area contributed by atoms with Crippen LogP contribution >= 0.6 is 0 Å². The van der Waals surface area contributed by atoms with E-state index in [1.807, 2.05) is 0 Å². The lowest BCUT2D eigenvalue weighted by atomic mass is 9.69. The van der Waals surface area contributed by atoms with E-state index in [0.29, 0.717) is 0 Å². The normalized spacial score (nSPS) is 24.4. The topological polar surface area (TPSA) is 0 Å². The summed E-state index contributed by atoms with van der Waals surface area (Å²) in [5, 5.41) is 0. The fourth-order valence-electron chi connectivity index (χ4n) is 4.34. The third-order valence-electron chi connectivity index (χ3n) is 5.39. The van der Waals surface area contributed by atoms with E-state index in [1.165, 1.54) is 50.5 Å². The molecule has 1 fully saturated rings. The zero-order valence-corrected chi connectivity index (χ0v) is 12.4. The highest BCUT2D eigenvalue weighted by molar-refractivity contribution is 5.73. The van der Waals surface area contributed by atoms with Gasteiger partial charge in [0.05, 0.1) is 0 Å². The first-order chi connectivity index (χ1) is 9.31. The molecule has 1 unspecified atom stereocenters. The summed E-state index contributed by atoms with van der Waals surface area (Å²) in [5.74, 6) is 1.77. The monoisotopic (exact) mass is 254 g/mol. The standard InChI is InChI=1S/C19H26/c1-3-17-14(2)19(15-9-5-4-6-10-15)13-16-11-7-8-12-18(16)17/h7-8,11-12,15,19H,3-6,9-10,13H2,1-2H3. The van der Waals surface area contributed by atoms with E-state index in [-0.39, 0.29) is 0 Å². The zero-order valence-electron chi connectivity index (χ0n) is 12.4. The van der Waals surface area contributed by atoms with Gasteiger partial charge in [-0.1, -0.05) is 56.0 Å². The van der Waals surface area contributed by atoms with E-state index >= 15 is 0 Å². The van der Waals surface area contributed by atoms with Gasteiger partial charge in [-0.25, -0.2) is 0 Å². The molecular weight excluding hydrogens is 228 g/mol. The van der Waals surface area contributed by atoms with E-state index in [0.717, 1.165) is 11.8 Å². The highest BCUT2D eigenvalue weighted by Crippen LogP contribution is 2.43. The Morgan fingerprint density at radius 1 is 1.05 bits per heavy atom. The van der Waals surface area contributed by atoms with Crippen LogP contribution in [-0.2, 0) is 6.42 Å². The van der Waals surface area contributed by atoms with E-state index < -0.39 is 0 Å². The highest BCUT2D eigenvalue weighted by Gasteiger charge is 2.30. The Morgan fingerprint density at radius 3 is 2.53 bits per heavy atom. The third kappa shape index (κ3) is 2.38. The van der Waals surface area contributed by atoms with Gasteiger partial charge in [0.2, 0.25) is 0 Å². The molecule has 0 heteroatoms. The summed E-state index contributed by atoms with van der Waals surface area (Å²) in [5.41, 5.74) is 6.47. The molecule has 2 aliphatic carbocycles. The third-order valence-corrected chi connectivity index (χ3v) is 5.39. The van der Waals surface area contributed by atoms with Gasteiger partial charge in [0.1, 0.15) is 0 Å². The van der Waals surface area contributed by atoms with Crippen LogP contribution in [0, 0.1) is 11.8 Å². The molecule has 0 heterocycles. The minimum Gasteiger partial charge on any atom is -0.0658 e. The summed E-state index contributed by atoms with van der Waals surface area (Å²) in [7, 11) is 0. The van der Waals surface area contributed by atoms with Crippen molar-refractivity contribution in [3.63, 3.8) is 0 Å². The molecule has 0 saturated heterocycles. The second kappa shape index (κ2) is 5.53. The lowest BCUT2D eigenvalue weighted by Crippen LogP contribution is -2.25. The minimum atomic E-state index is 0.824. The first-order valence-electron chi connectivity index (χ1n) is 8.09. The predicted molar refractivity (Wildman–Crippen MR) is 83.1 cm³/mol. The number of hydrogen-bond acceptors (Lipinski definition) is 0. The zero-order chi connectivity index (χ0) is 13.2. The average Bonchev–Trinajstić information content (AvgIpc) is 2.47. The van der Waals surface area contributed by atoms with Gasteiger partial charge < -0.3 is 0 Å². The largest absolute Gasteiger partial charge is 0.0658 e. The lowest BCUT2D eigenvalue weighted by Gasteiger charge is -2.36. The number of benzene rings is 1. The van der Waals surface area contributed by atoms with Gasteiger partial charge in [-0.15, -0.1) is 0 Å². The summed E-state index contributed by atoms with van der Waals surface area (Å²) in [4.78, 5) is 0. The molecule has 0 N–H and O–H groups in total. The molecule has 0 bridgehead atoms. The van der Waals surface area contributed by atoms with Crippen molar-refractivity contribution >= 4 is 5.57 Å². The fraction of sp³-hybridized carbons (Fsp3) is 0.579. The molecule has 19 heavy (non-hydrogen) atoms. The van der Waals surface area contributed by atoms with Gasteiger partial charge in [-0.05, 0) is 61.1 Å². The summed E-state index contributed by atoms with van der Waals surface area (Å²) >= 11 is 0. The van der Waals surface area contributed by atoms with Crippen molar-refractivity contribution < 1.29 is 0 Å². The first-order valence-corrected chi connectivity index (χ1v) is 8.09. The molecule has 1 atom stereocenters. The van der Waals surface area contributed by atoms with Crippen LogP contribution in [0.2, 0.25) is 0 Å². The minimum absolute atomic E-state index is 0.824. The van der Waals surface area contributed by atoms with Gasteiger partial charge in [-0.3, -0.25) is 0 Å². The van der Waals surface area contributed by atoms with Crippen molar-refractivity contribution in [3.05, 3.63) is 41.0 Å². The molecule has 0 aromatic heterocycles. The summed E-state index contributed by atoms with van der Waals surface area (Å²) in [6.45, 7) is 4.73. The Hall–Kier alpha value is -1.04. The molecule has 1 saturated carbocycles. The van der Waals surface area contributed by atoms with Crippen LogP contribution < -0.4 is 0 Å². The number of rotatable bonds is 2. The average molecular weight is 254 g/mol. The van der Waals surface area contributed by atoms with Crippen LogP contribution in [0.1, 0.15) is 63.5 Å². The van der Waals surface area contributed by atoms with Crippen LogP contribution in [0.25, 0.3) is 5.57 Å². The van der Waals surface area contributed by atoms with Crippen LogP contribution in [0.4, 0.5) is 0 Å². The first kappa shape index (κ1) is 13.0.